The lowest BCUT2D eigenvalue weighted by atomic mass is 9.87. The van der Waals surface area contributed by atoms with Gasteiger partial charge >= 0.3 is 23.9 Å². The lowest BCUT2D eigenvalue weighted by Crippen LogP contribution is -2.17. The van der Waals surface area contributed by atoms with Gasteiger partial charge in [0.2, 0.25) is 0 Å². The van der Waals surface area contributed by atoms with E-state index in [1.165, 1.54) is 24.3 Å². The minimum Gasteiger partial charge on any atom is -0.478 e. The van der Waals surface area contributed by atoms with Gasteiger partial charge in [0.05, 0.1) is 22.3 Å². The third-order valence-electron chi connectivity index (χ3n) is 4.81. The topological polar surface area (TPSA) is 149 Å². The van der Waals surface area contributed by atoms with Crippen LogP contribution < -0.4 is 0 Å². The molecule has 0 amide bonds. The van der Waals surface area contributed by atoms with Gasteiger partial charge in [0.15, 0.2) is 0 Å². The van der Waals surface area contributed by atoms with Crippen molar-refractivity contribution in [3.05, 3.63) is 58.7 Å². The number of hydrogen-bond acceptors (Lipinski definition) is 4. The van der Waals surface area contributed by atoms with Crippen LogP contribution in [0.5, 0.6) is 0 Å². The summed E-state index contributed by atoms with van der Waals surface area (Å²) < 4.78 is 0. The Morgan fingerprint density at radius 2 is 1.14 bits per heavy atom. The number of carboxylic acid groups (broad SMARTS) is 4. The molecule has 0 aromatic heterocycles. The first-order valence-electron chi connectivity index (χ1n) is 7.95. The first kappa shape index (κ1) is 17.2. The van der Waals surface area contributed by atoms with Gasteiger partial charge in [-0.1, -0.05) is 30.3 Å². The molecule has 0 radical (unpaired) electrons. The normalized spacial score (nSPS) is 11.3. The standard InChI is InChI=1S/C20H10O8/c21-17(22)10-6-2-4-8-7-3-1-5-9-11(7)14(12(8)10)16(20(27)28)15(19(25)26)13(9)18(23)24/h1-6H,(H,21,22)(H,23,24)(H,25,26)(H,27,28). The van der Waals surface area contributed by atoms with Crippen LogP contribution in [0.15, 0.2) is 36.4 Å². The molecule has 0 unspecified atom stereocenters. The first-order valence-corrected chi connectivity index (χ1v) is 7.95. The number of hydrogen-bond donors (Lipinski definition) is 4. The van der Waals surface area contributed by atoms with E-state index in [0.717, 1.165) is 0 Å². The Bertz CT molecular complexity index is 1270. The van der Waals surface area contributed by atoms with E-state index in [2.05, 4.69) is 0 Å². The van der Waals surface area contributed by atoms with Gasteiger partial charge in [-0.15, -0.1) is 0 Å². The molecule has 1 aliphatic carbocycles. The smallest absolute Gasteiger partial charge is 0.337 e. The SMILES string of the molecule is O=C(O)c1cccc2c1-c1c(C(=O)O)c(C(=O)O)c(C(=O)O)c3cccc-2c13. The summed E-state index contributed by atoms with van der Waals surface area (Å²) in [4.78, 5) is 47.5. The van der Waals surface area contributed by atoms with E-state index in [1.807, 2.05) is 0 Å². The highest BCUT2D eigenvalue weighted by atomic mass is 16.4. The Morgan fingerprint density at radius 1 is 0.571 bits per heavy atom. The zero-order valence-electron chi connectivity index (χ0n) is 13.9. The molecule has 28 heavy (non-hydrogen) atoms. The van der Waals surface area contributed by atoms with Crippen LogP contribution in [0.1, 0.15) is 41.4 Å². The molecule has 0 saturated carbocycles. The fourth-order valence-corrected chi connectivity index (χ4v) is 3.89. The van der Waals surface area contributed by atoms with E-state index >= 15 is 0 Å². The summed E-state index contributed by atoms with van der Waals surface area (Å²) in [5, 5.41) is 38.8. The van der Waals surface area contributed by atoms with E-state index in [4.69, 9.17) is 0 Å². The molecule has 0 aliphatic heterocycles. The quantitative estimate of drug-likeness (QED) is 0.423. The monoisotopic (exact) mass is 378 g/mol. The van der Waals surface area contributed by atoms with Gasteiger partial charge in [-0.3, -0.25) is 0 Å². The molecule has 3 aromatic carbocycles. The largest absolute Gasteiger partial charge is 0.478 e. The molecule has 0 atom stereocenters. The highest BCUT2D eigenvalue weighted by Crippen LogP contribution is 2.52. The maximum atomic E-state index is 12.0. The van der Waals surface area contributed by atoms with Crippen LogP contribution >= 0.6 is 0 Å². The summed E-state index contributed by atoms with van der Waals surface area (Å²) in [5.74, 6) is -6.27. The van der Waals surface area contributed by atoms with Crippen molar-refractivity contribution in [1.29, 1.82) is 0 Å². The molecule has 0 fully saturated rings. The van der Waals surface area contributed by atoms with Gasteiger partial charge in [0.25, 0.3) is 0 Å². The molecule has 1 aliphatic rings. The number of rotatable bonds is 4. The van der Waals surface area contributed by atoms with Gasteiger partial charge in [0.1, 0.15) is 0 Å². The van der Waals surface area contributed by atoms with Crippen molar-refractivity contribution >= 4 is 34.6 Å². The van der Waals surface area contributed by atoms with Crippen molar-refractivity contribution in [2.75, 3.05) is 0 Å². The van der Waals surface area contributed by atoms with Crippen molar-refractivity contribution in [1.82, 2.24) is 0 Å². The zero-order chi connectivity index (χ0) is 20.3. The maximum absolute atomic E-state index is 12.0. The predicted octanol–water partition coefficient (Wildman–Crippen LogP) is 3.28. The molecule has 8 nitrogen and oxygen atoms in total. The Balaban J connectivity index is 2.39. The van der Waals surface area contributed by atoms with Crippen molar-refractivity contribution in [3.63, 3.8) is 0 Å². The van der Waals surface area contributed by atoms with Crippen molar-refractivity contribution in [3.8, 4) is 22.3 Å². The molecule has 4 rings (SSSR count). The second kappa shape index (κ2) is 5.65. The highest BCUT2D eigenvalue weighted by Gasteiger charge is 2.37. The van der Waals surface area contributed by atoms with E-state index < -0.39 is 40.6 Å². The second-order valence-electron chi connectivity index (χ2n) is 6.18. The summed E-state index contributed by atoms with van der Waals surface area (Å²) >= 11 is 0. The fourth-order valence-electron chi connectivity index (χ4n) is 3.89. The summed E-state index contributed by atoms with van der Waals surface area (Å²) in [5.41, 5.74) is -1.63. The molecule has 3 aromatic rings. The van der Waals surface area contributed by atoms with Gasteiger partial charge in [-0.05, 0) is 28.0 Å². The maximum Gasteiger partial charge on any atom is 0.337 e. The van der Waals surface area contributed by atoms with Gasteiger partial charge < -0.3 is 20.4 Å². The lowest BCUT2D eigenvalue weighted by molar-refractivity contribution is 0.0634. The zero-order valence-corrected chi connectivity index (χ0v) is 13.9. The molecular formula is C20H10O8. The van der Waals surface area contributed by atoms with Gasteiger partial charge in [0, 0.05) is 11.1 Å². The van der Waals surface area contributed by atoms with Gasteiger partial charge in [-0.2, -0.15) is 0 Å². The van der Waals surface area contributed by atoms with Crippen LogP contribution in [0.3, 0.4) is 0 Å². The minimum atomic E-state index is -1.72. The average molecular weight is 378 g/mol. The summed E-state index contributed by atoms with van der Waals surface area (Å²) in [6.45, 7) is 0. The summed E-state index contributed by atoms with van der Waals surface area (Å²) in [7, 11) is 0. The Hall–Kier alpha value is -4.20. The second-order valence-corrected chi connectivity index (χ2v) is 6.18. The first-order chi connectivity index (χ1) is 13.3. The minimum absolute atomic E-state index is 0.0370. The summed E-state index contributed by atoms with van der Waals surface area (Å²) in [6, 6.07) is 8.88. The molecule has 138 valence electrons. The van der Waals surface area contributed by atoms with E-state index in [0.29, 0.717) is 11.1 Å². The number of fused-ring (bicyclic) bond motifs is 3. The van der Waals surface area contributed by atoms with E-state index in [9.17, 15) is 39.6 Å². The summed E-state index contributed by atoms with van der Waals surface area (Å²) in [6.07, 6.45) is 0. The van der Waals surface area contributed by atoms with Crippen LogP contribution in [0.2, 0.25) is 0 Å². The van der Waals surface area contributed by atoms with Crippen molar-refractivity contribution < 1.29 is 39.6 Å². The van der Waals surface area contributed by atoms with Crippen molar-refractivity contribution in [2.24, 2.45) is 0 Å². The third-order valence-corrected chi connectivity index (χ3v) is 4.81. The molecule has 4 N–H and O–H groups in total. The lowest BCUT2D eigenvalue weighted by Gasteiger charge is -2.15. The van der Waals surface area contributed by atoms with E-state index in [-0.39, 0.29) is 27.5 Å². The van der Waals surface area contributed by atoms with E-state index in [1.54, 1.807) is 12.1 Å². The van der Waals surface area contributed by atoms with Crippen LogP contribution in [-0.2, 0) is 0 Å². The third kappa shape index (κ3) is 2.05. The molecular weight excluding hydrogens is 368 g/mol. The fraction of sp³-hybridized carbons (Fsp3) is 0. The number of aromatic carboxylic acids is 4. The Labute approximate surface area is 155 Å². The number of carboxylic acids is 4. The number of benzene rings is 3. The van der Waals surface area contributed by atoms with Crippen LogP contribution in [-0.4, -0.2) is 44.3 Å². The Kier molecular flexibility index (Phi) is 3.47. The molecule has 0 heterocycles. The highest BCUT2D eigenvalue weighted by molar-refractivity contribution is 6.29. The molecule has 0 spiro atoms. The Morgan fingerprint density at radius 3 is 1.71 bits per heavy atom. The van der Waals surface area contributed by atoms with Crippen LogP contribution in [0.4, 0.5) is 0 Å². The average Bonchev–Trinajstić information content (AvgIpc) is 2.96. The van der Waals surface area contributed by atoms with Crippen molar-refractivity contribution in [2.45, 2.75) is 0 Å². The van der Waals surface area contributed by atoms with Gasteiger partial charge in [-0.25, -0.2) is 19.2 Å². The number of carbonyl (C=O) groups is 4. The molecule has 0 bridgehead atoms. The van der Waals surface area contributed by atoms with Crippen LogP contribution in [0.25, 0.3) is 33.0 Å². The van der Waals surface area contributed by atoms with Crippen LogP contribution in [0, 0.1) is 0 Å². The molecule has 8 heteroatoms. The molecule has 0 saturated heterocycles. The predicted molar refractivity (Wildman–Crippen MR) is 96.2 cm³/mol.